The summed E-state index contributed by atoms with van der Waals surface area (Å²) in [7, 11) is 0. The number of carboxylic acids is 1. The van der Waals surface area contributed by atoms with Crippen LogP contribution in [0, 0.1) is 0 Å². The molecule has 1 rings (SSSR count). The second-order valence-corrected chi connectivity index (χ2v) is 3.00. The van der Waals surface area contributed by atoms with Crippen LogP contribution in [0.1, 0.15) is 30.4 Å². The molecule has 0 radical (unpaired) electrons. The van der Waals surface area contributed by atoms with E-state index in [0.29, 0.717) is 17.9 Å². The van der Waals surface area contributed by atoms with Gasteiger partial charge in [-0.15, -0.1) is 0 Å². The first-order valence-electron chi connectivity index (χ1n) is 4.30. The Labute approximate surface area is 81.1 Å². The van der Waals surface area contributed by atoms with Gasteiger partial charge in [0, 0.05) is 6.42 Å². The molecule has 4 N–H and O–H groups in total. The molecule has 0 aliphatic rings. The summed E-state index contributed by atoms with van der Waals surface area (Å²) in [6, 6.07) is 2.85. The third-order valence-corrected chi connectivity index (χ3v) is 1.87. The van der Waals surface area contributed by atoms with Gasteiger partial charge in [-0.3, -0.25) is 4.79 Å². The predicted octanol–water partition coefficient (Wildman–Crippen LogP) is 0.636. The zero-order valence-electron chi connectivity index (χ0n) is 7.64. The van der Waals surface area contributed by atoms with Crippen molar-refractivity contribution in [2.75, 3.05) is 0 Å². The Kier molecular flexibility index (Phi) is 3.67. The number of nitrogens with two attached hydrogens (primary N) is 1. The van der Waals surface area contributed by atoms with Crippen molar-refractivity contribution < 1.29 is 19.4 Å². The SMILES string of the molecule is NC(CCC(=O)O)c1ccc(CO)o1. The highest BCUT2D eigenvalue weighted by atomic mass is 16.4. The van der Waals surface area contributed by atoms with Crippen LogP contribution in [0.2, 0.25) is 0 Å². The van der Waals surface area contributed by atoms with Crippen molar-refractivity contribution in [3.8, 4) is 0 Å². The van der Waals surface area contributed by atoms with Gasteiger partial charge < -0.3 is 20.4 Å². The van der Waals surface area contributed by atoms with E-state index in [9.17, 15) is 4.79 Å². The lowest BCUT2D eigenvalue weighted by molar-refractivity contribution is -0.137. The first-order chi connectivity index (χ1) is 6.63. The van der Waals surface area contributed by atoms with Crippen LogP contribution in [0.25, 0.3) is 0 Å². The Bertz CT molecular complexity index is 308. The van der Waals surface area contributed by atoms with Gasteiger partial charge in [0.15, 0.2) is 0 Å². The van der Waals surface area contributed by atoms with E-state index in [2.05, 4.69) is 0 Å². The number of carbonyl (C=O) groups is 1. The van der Waals surface area contributed by atoms with Crippen molar-refractivity contribution in [2.45, 2.75) is 25.5 Å². The molecule has 1 atom stereocenters. The van der Waals surface area contributed by atoms with Gasteiger partial charge in [0.1, 0.15) is 18.1 Å². The molecule has 0 aromatic carbocycles. The lowest BCUT2D eigenvalue weighted by atomic mass is 10.1. The van der Waals surface area contributed by atoms with Gasteiger partial charge in [0.25, 0.3) is 0 Å². The van der Waals surface area contributed by atoms with E-state index < -0.39 is 12.0 Å². The van der Waals surface area contributed by atoms with E-state index in [1.807, 2.05) is 0 Å². The molecule has 0 bridgehead atoms. The number of rotatable bonds is 5. The van der Waals surface area contributed by atoms with Gasteiger partial charge in [0.05, 0.1) is 6.04 Å². The van der Waals surface area contributed by atoms with Gasteiger partial charge in [-0.2, -0.15) is 0 Å². The largest absolute Gasteiger partial charge is 0.481 e. The molecule has 0 fully saturated rings. The molecule has 0 aliphatic heterocycles. The number of aliphatic carboxylic acids is 1. The molecular weight excluding hydrogens is 186 g/mol. The fourth-order valence-corrected chi connectivity index (χ4v) is 1.10. The highest BCUT2D eigenvalue weighted by molar-refractivity contribution is 5.66. The average Bonchev–Trinajstić information content (AvgIpc) is 2.62. The number of aliphatic hydroxyl groups is 1. The topological polar surface area (TPSA) is 96.7 Å². The first kappa shape index (κ1) is 10.7. The molecule has 0 amide bonds. The minimum Gasteiger partial charge on any atom is -0.481 e. The molecule has 1 unspecified atom stereocenters. The third kappa shape index (κ3) is 2.86. The Balaban J connectivity index is 2.51. The maximum Gasteiger partial charge on any atom is 0.303 e. The minimum absolute atomic E-state index is 0.0102. The molecule has 1 aromatic rings. The summed E-state index contributed by atoms with van der Waals surface area (Å²) >= 11 is 0. The van der Waals surface area contributed by atoms with Crippen LogP contribution in [-0.4, -0.2) is 16.2 Å². The van der Waals surface area contributed by atoms with Crippen LogP contribution in [0.3, 0.4) is 0 Å². The maximum absolute atomic E-state index is 10.3. The zero-order chi connectivity index (χ0) is 10.6. The van der Waals surface area contributed by atoms with Crippen LogP contribution in [-0.2, 0) is 11.4 Å². The lowest BCUT2D eigenvalue weighted by Crippen LogP contribution is -2.11. The number of aliphatic hydroxyl groups excluding tert-OH is 1. The molecule has 0 saturated carbocycles. The summed E-state index contributed by atoms with van der Waals surface area (Å²) in [5.74, 6) is 0.0652. The van der Waals surface area contributed by atoms with E-state index in [-0.39, 0.29) is 13.0 Å². The van der Waals surface area contributed by atoms with Gasteiger partial charge >= 0.3 is 5.97 Å². The van der Waals surface area contributed by atoms with Crippen molar-refractivity contribution >= 4 is 5.97 Å². The summed E-state index contributed by atoms with van der Waals surface area (Å²) in [5.41, 5.74) is 5.67. The van der Waals surface area contributed by atoms with E-state index in [4.69, 9.17) is 20.4 Å². The van der Waals surface area contributed by atoms with Crippen LogP contribution < -0.4 is 5.73 Å². The predicted molar refractivity (Wildman–Crippen MR) is 48.4 cm³/mol. The van der Waals surface area contributed by atoms with Crippen LogP contribution in [0.15, 0.2) is 16.5 Å². The van der Waals surface area contributed by atoms with Gasteiger partial charge in [0.2, 0.25) is 0 Å². The molecule has 5 heteroatoms. The second kappa shape index (κ2) is 4.78. The fraction of sp³-hybridized carbons (Fsp3) is 0.444. The molecule has 5 nitrogen and oxygen atoms in total. The Morgan fingerprint density at radius 2 is 2.29 bits per heavy atom. The van der Waals surface area contributed by atoms with Crippen molar-refractivity contribution in [3.63, 3.8) is 0 Å². The van der Waals surface area contributed by atoms with E-state index in [0.717, 1.165) is 0 Å². The number of hydrogen-bond donors (Lipinski definition) is 3. The average molecular weight is 199 g/mol. The highest BCUT2D eigenvalue weighted by Crippen LogP contribution is 2.18. The molecule has 0 saturated heterocycles. The Morgan fingerprint density at radius 3 is 2.79 bits per heavy atom. The molecule has 0 aliphatic carbocycles. The Hall–Kier alpha value is -1.33. The third-order valence-electron chi connectivity index (χ3n) is 1.87. The molecular formula is C9H13NO4. The molecule has 78 valence electrons. The lowest BCUT2D eigenvalue weighted by Gasteiger charge is -2.05. The number of carboxylic acid groups (broad SMARTS) is 1. The standard InChI is InChI=1S/C9H13NO4/c10-7(2-4-9(12)13)8-3-1-6(5-11)14-8/h1,3,7,11H,2,4-5,10H2,(H,12,13). The van der Waals surface area contributed by atoms with Crippen LogP contribution in [0.4, 0.5) is 0 Å². The maximum atomic E-state index is 10.3. The summed E-state index contributed by atoms with van der Waals surface area (Å²) in [4.78, 5) is 10.3. The zero-order valence-corrected chi connectivity index (χ0v) is 7.64. The van der Waals surface area contributed by atoms with Gasteiger partial charge in [-0.25, -0.2) is 0 Å². The first-order valence-corrected chi connectivity index (χ1v) is 4.30. The van der Waals surface area contributed by atoms with Crippen molar-refractivity contribution in [2.24, 2.45) is 5.73 Å². The molecule has 1 aromatic heterocycles. The smallest absolute Gasteiger partial charge is 0.303 e. The van der Waals surface area contributed by atoms with Crippen molar-refractivity contribution in [1.82, 2.24) is 0 Å². The minimum atomic E-state index is -0.880. The van der Waals surface area contributed by atoms with Crippen molar-refractivity contribution in [1.29, 1.82) is 0 Å². The summed E-state index contributed by atoms with van der Waals surface area (Å²) in [5, 5.41) is 17.2. The van der Waals surface area contributed by atoms with E-state index in [1.54, 1.807) is 12.1 Å². The summed E-state index contributed by atoms with van der Waals surface area (Å²) in [6.07, 6.45) is 0.337. The van der Waals surface area contributed by atoms with Crippen LogP contribution >= 0.6 is 0 Å². The van der Waals surface area contributed by atoms with E-state index in [1.165, 1.54) is 0 Å². The normalized spacial score (nSPS) is 12.7. The Morgan fingerprint density at radius 1 is 1.57 bits per heavy atom. The fourth-order valence-electron chi connectivity index (χ4n) is 1.10. The number of hydrogen-bond acceptors (Lipinski definition) is 4. The highest BCUT2D eigenvalue weighted by Gasteiger charge is 2.12. The molecule has 0 spiro atoms. The molecule has 14 heavy (non-hydrogen) atoms. The molecule has 1 heterocycles. The second-order valence-electron chi connectivity index (χ2n) is 3.00. The van der Waals surface area contributed by atoms with Gasteiger partial charge in [-0.05, 0) is 18.6 Å². The monoisotopic (exact) mass is 199 g/mol. The quantitative estimate of drug-likeness (QED) is 0.646. The van der Waals surface area contributed by atoms with E-state index >= 15 is 0 Å². The number of furan rings is 1. The summed E-state index contributed by atoms with van der Waals surface area (Å²) < 4.78 is 5.16. The summed E-state index contributed by atoms with van der Waals surface area (Å²) in [6.45, 7) is -0.175. The van der Waals surface area contributed by atoms with Crippen molar-refractivity contribution in [3.05, 3.63) is 23.7 Å². The van der Waals surface area contributed by atoms with Crippen LogP contribution in [0.5, 0.6) is 0 Å². The van der Waals surface area contributed by atoms with Gasteiger partial charge in [-0.1, -0.05) is 0 Å².